The molecule has 1 aliphatic heterocycles. The Kier molecular flexibility index (Phi) is 7.15. The van der Waals surface area contributed by atoms with Gasteiger partial charge in [0.2, 0.25) is 0 Å². The molecule has 2 aliphatic rings. The molecule has 2 aromatic rings. The van der Waals surface area contributed by atoms with Crippen molar-refractivity contribution >= 4 is 11.8 Å². The van der Waals surface area contributed by atoms with Gasteiger partial charge in [-0.05, 0) is 61.6 Å². The van der Waals surface area contributed by atoms with Crippen molar-refractivity contribution in [2.24, 2.45) is 0 Å². The van der Waals surface area contributed by atoms with Gasteiger partial charge in [0.15, 0.2) is 17.3 Å². The number of hydrogen-bond donors (Lipinski definition) is 1. The molecule has 1 aliphatic carbocycles. The highest BCUT2D eigenvalue weighted by Crippen LogP contribution is 2.46. The Morgan fingerprint density at radius 3 is 2.29 bits per heavy atom. The zero-order chi connectivity index (χ0) is 25.1. The fourth-order valence-corrected chi connectivity index (χ4v) is 5.02. The largest absolute Gasteiger partial charge is 0.494 e. The van der Waals surface area contributed by atoms with Crippen molar-refractivity contribution in [2.75, 3.05) is 27.9 Å². The first-order chi connectivity index (χ1) is 16.9. The molecule has 0 saturated carbocycles. The first kappa shape index (κ1) is 24.4. The molecule has 1 heterocycles. The van der Waals surface area contributed by atoms with E-state index < -0.39 is 11.9 Å². The maximum Gasteiger partial charge on any atom is 0.336 e. The van der Waals surface area contributed by atoms with Crippen LogP contribution in [0.1, 0.15) is 49.7 Å². The van der Waals surface area contributed by atoms with E-state index in [1.165, 1.54) is 7.11 Å². The van der Waals surface area contributed by atoms with Gasteiger partial charge in [0.05, 0.1) is 33.5 Å². The standard InChI is InChI=1S/C28H31NO6/c1-6-35-20-10-7-17(8-11-20)26-25(28(31)34-5)16(2)29-21-13-19(14-22(30)27(21)26)18-9-12-23(32-3)24(15-18)33-4/h7-12,15,19,26,29H,6,13-14H2,1-5H3/t19-,26-/m0/s1. The molecule has 1 N–H and O–H groups in total. The van der Waals surface area contributed by atoms with Gasteiger partial charge in [-0.25, -0.2) is 4.79 Å². The third-order valence-electron chi connectivity index (χ3n) is 6.64. The van der Waals surface area contributed by atoms with E-state index in [1.807, 2.05) is 56.3 Å². The van der Waals surface area contributed by atoms with Gasteiger partial charge < -0.3 is 24.3 Å². The number of rotatable bonds is 7. The van der Waals surface area contributed by atoms with Crippen LogP contribution in [-0.4, -0.2) is 39.7 Å². The number of hydrogen-bond acceptors (Lipinski definition) is 7. The van der Waals surface area contributed by atoms with Crippen molar-refractivity contribution in [3.63, 3.8) is 0 Å². The number of carbonyl (C=O) groups excluding carboxylic acids is 2. The fraction of sp³-hybridized carbons (Fsp3) is 0.357. The van der Waals surface area contributed by atoms with E-state index in [2.05, 4.69) is 5.32 Å². The minimum absolute atomic E-state index is 0.00585. The summed E-state index contributed by atoms with van der Waals surface area (Å²) < 4.78 is 21.5. The summed E-state index contributed by atoms with van der Waals surface area (Å²) in [6.45, 7) is 4.33. The minimum Gasteiger partial charge on any atom is -0.494 e. The van der Waals surface area contributed by atoms with Gasteiger partial charge >= 0.3 is 5.97 Å². The van der Waals surface area contributed by atoms with Crippen LogP contribution < -0.4 is 19.5 Å². The average molecular weight is 478 g/mol. The zero-order valence-electron chi connectivity index (χ0n) is 20.8. The van der Waals surface area contributed by atoms with Gasteiger partial charge in [0, 0.05) is 29.3 Å². The van der Waals surface area contributed by atoms with Crippen LogP contribution in [0.5, 0.6) is 17.2 Å². The molecular weight excluding hydrogens is 446 g/mol. The van der Waals surface area contributed by atoms with Crippen LogP contribution in [0.25, 0.3) is 0 Å². The van der Waals surface area contributed by atoms with E-state index >= 15 is 0 Å². The van der Waals surface area contributed by atoms with E-state index in [4.69, 9.17) is 18.9 Å². The van der Waals surface area contributed by atoms with Gasteiger partial charge in [-0.2, -0.15) is 0 Å². The lowest BCUT2D eigenvalue weighted by Crippen LogP contribution is -2.36. The number of Topliss-reactive ketones (excluding diaryl/α,β-unsaturated/α-hetero) is 1. The van der Waals surface area contributed by atoms with Crippen molar-refractivity contribution in [1.29, 1.82) is 0 Å². The molecule has 184 valence electrons. The van der Waals surface area contributed by atoms with Crippen LogP contribution in [0, 0.1) is 0 Å². The molecule has 0 unspecified atom stereocenters. The van der Waals surface area contributed by atoms with E-state index in [1.54, 1.807) is 14.2 Å². The maximum absolute atomic E-state index is 13.7. The number of esters is 1. The maximum atomic E-state index is 13.7. The topological polar surface area (TPSA) is 83.1 Å². The summed E-state index contributed by atoms with van der Waals surface area (Å²) >= 11 is 0. The molecule has 0 bridgehead atoms. The highest BCUT2D eigenvalue weighted by molar-refractivity contribution is 6.04. The summed E-state index contributed by atoms with van der Waals surface area (Å²) in [6, 6.07) is 13.3. The molecule has 0 saturated heterocycles. The summed E-state index contributed by atoms with van der Waals surface area (Å²) in [5.74, 6) is 1.04. The summed E-state index contributed by atoms with van der Waals surface area (Å²) in [6.07, 6.45) is 0.965. The Morgan fingerprint density at radius 1 is 0.971 bits per heavy atom. The quantitative estimate of drug-likeness (QED) is 0.582. The summed E-state index contributed by atoms with van der Waals surface area (Å²) in [5, 5.41) is 3.35. The van der Waals surface area contributed by atoms with Gasteiger partial charge in [-0.3, -0.25) is 4.79 Å². The minimum atomic E-state index is -0.506. The number of methoxy groups -OCH3 is 3. The van der Waals surface area contributed by atoms with Crippen LogP contribution in [0.4, 0.5) is 0 Å². The van der Waals surface area contributed by atoms with Gasteiger partial charge in [-0.15, -0.1) is 0 Å². The number of nitrogens with one attached hydrogen (secondary N) is 1. The number of ether oxygens (including phenoxy) is 4. The monoisotopic (exact) mass is 477 g/mol. The van der Waals surface area contributed by atoms with E-state index in [0.29, 0.717) is 47.8 Å². The summed E-state index contributed by atoms with van der Waals surface area (Å²) in [7, 11) is 4.55. The molecular formula is C28H31NO6. The lowest BCUT2D eigenvalue weighted by Gasteiger charge is -2.36. The molecule has 0 spiro atoms. The van der Waals surface area contributed by atoms with Crippen LogP contribution in [0.2, 0.25) is 0 Å². The lowest BCUT2D eigenvalue weighted by molar-refractivity contribution is -0.136. The van der Waals surface area contributed by atoms with Crippen LogP contribution in [-0.2, 0) is 14.3 Å². The van der Waals surface area contributed by atoms with E-state index in [9.17, 15) is 9.59 Å². The molecule has 0 aromatic heterocycles. The Labute approximate surface area is 205 Å². The number of carbonyl (C=O) groups is 2. The number of benzene rings is 2. The number of dihydropyridines is 1. The predicted octanol–water partition coefficient (Wildman–Crippen LogP) is 4.64. The molecule has 2 atom stereocenters. The molecule has 0 amide bonds. The van der Waals surface area contributed by atoms with Gasteiger partial charge in [-0.1, -0.05) is 18.2 Å². The first-order valence-electron chi connectivity index (χ1n) is 11.7. The highest BCUT2D eigenvalue weighted by Gasteiger charge is 2.41. The van der Waals surface area contributed by atoms with Crippen molar-refractivity contribution in [3.05, 3.63) is 76.1 Å². The molecule has 7 nitrogen and oxygen atoms in total. The van der Waals surface area contributed by atoms with Crippen LogP contribution in [0.15, 0.2) is 65.0 Å². The second-order valence-electron chi connectivity index (χ2n) is 8.63. The SMILES string of the molecule is CCOc1ccc([C@H]2C(C(=O)OC)=C(C)NC3=C2C(=O)C[C@@H](c2ccc(OC)c(OC)c2)C3)cc1. The Hall–Kier alpha value is -3.74. The smallest absolute Gasteiger partial charge is 0.336 e. The van der Waals surface area contributed by atoms with Crippen LogP contribution in [0.3, 0.4) is 0 Å². The van der Waals surface area contributed by atoms with Gasteiger partial charge in [0.1, 0.15) is 5.75 Å². The molecule has 0 radical (unpaired) electrons. The number of ketones is 1. The van der Waals surface area contributed by atoms with Crippen molar-refractivity contribution < 1.29 is 28.5 Å². The average Bonchev–Trinajstić information content (AvgIpc) is 2.87. The fourth-order valence-electron chi connectivity index (χ4n) is 5.02. The van der Waals surface area contributed by atoms with Crippen LogP contribution >= 0.6 is 0 Å². The molecule has 0 fully saturated rings. The first-order valence-corrected chi connectivity index (χ1v) is 11.7. The molecule has 35 heavy (non-hydrogen) atoms. The second kappa shape index (κ2) is 10.3. The third kappa shape index (κ3) is 4.63. The van der Waals surface area contributed by atoms with Gasteiger partial charge in [0.25, 0.3) is 0 Å². The summed E-state index contributed by atoms with van der Waals surface area (Å²) in [4.78, 5) is 26.5. The van der Waals surface area contributed by atoms with E-state index in [0.717, 1.165) is 22.6 Å². The van der Waals surface area contributed by atoms with E-state index in [-0.39, 0.29) is 11.7 Å². The third-order valence-corrected chi connectivity index (χ3v) is 6.64. The van der Waals surface area contributed by atoms with Crippen molar-refractivity contribution in [2.45, 2.75) is 38.5 Å². The second-order valence-corrected chi connectivity index (χ2v) is 8.63. The zero-order valence-corrected chi connectivity index (χ0v) is 20.8. The predicted molar refractivity (Wildman–Crippen MR) is 132 cm³/mol. The summed E-state index contributed by atoms with van der Waals surface area (Å²) in [5.41, 5.74) is 4.45. The number of allylic oxidation sites excluding steroid dienone is 3. The van der Waals surface area contributed by atoms with Crippen molar-refractivity contribution in [3.8, 4) is 17.2 Å². The Bertz CT molecular complexity index is 1190. The normalized spacial score (nSPS) is 19.6. The Balaban J connectivity index is 1.75. The molecule has 7 heteroatoms. The van der Waals surface area contributed by atoms with Crippen molar-refractivity contribution in [1.82, 2.24) is 5.32 Å². The Morgan fingerprint density at radius 2 is 1.66 bits per heavy atom. The highest BCUT2D eigenvalue weighted by atomic mass is 16.5. The lowest BCUT2D eigenvalue weighted by atomic mass is 9.71. The molecule has 2 aromatic carbocycles. The molecule has 4 rings (SSSR count).